The Morgan fingerprint density at radius 1 is 1.33 bits per heavy atom. The largest absolute Gasteiger partial charge is 0.476 e. The van der Waals surface area contributed by atoms with Gasteiger partial charge in [0.2, 0.25) is 5.91 Å². The molecule has 0 radical (unpaired) electrons. The Bertz CT molecular complexity index is 730. The van der Waals surface area contributed by atoms with Crippen molar-refractivity contribution in [3.8, 4) is 11.3 Å². The van der Waals surface area contributed by atoms with Gasteiger partial charge in [0.15, 0.2) is 5.69 Å². The normalized spacial score (nSPS) is 12.4. The third-order valence-corrected chi connectivity index (χ3v) is 3.42. The van der Waals surface area contributed by atoms with Crippen LogP contribution in [0, 0.1) is 13.8 Å². The molecule has 2 heterocycles. The number of nitrogens with two attached hydrogens (primary N) is 1. The molecule has 9 nitrogen and oxygen atoms in total. The molecule has 0 aliphatic rings. The summed E-state index contributed by atoms with van der Waals surface area (Å²) < 4.78 is 2.85. The van der Waals surface area contributed by atoms with E-state index in [1.807, 2.05) is 0 Å². The number of aromatic nitrogens is 5. The average Bonchev–Trinajstić information content (AvgIpc) is 2.91. The number of carbonyl (C=O) groups is 2. The predicted molar refractivity (Wildman–Crippen MR) is 72.6 cm³/mol. The van der Waals surface area contributed by atoms with Gasteiger partial charge in [0.05, 0.1) is 5.69 Å². The van der Waals surface area contributed by atoms with E-state index < -0.39 is 17.9 Å². The monoisotopic (exact) mass is 292 g/mol. The molecule has 0 saturated carbocycles. The minimum absolute atomic E-state index is 0.233. The van der Waals surface area contributed by atoms with Crippen LogP contribution >= 0.6 is 0 Å². The molecule has 1 unspecified atom stereocenters. The molecule has 1 amide bonds. The predicted octanol–water partition coefficient (Wildman–Crippen LogP) is 0.0399. The Kier molecular flexibility index (Phi) is 3.50. The number of amides is 1. The number of rotatable bonds is 4. The zero-order valence-corrected chi connectivity index (χ0v) is 12.2. The second-order valence-corrected chi connectivity index (χ2v) is 4.78. The first kappa shape index (κ1) is 14.7. The maximum absolute atomic E-state index is 11.4. The Labute approximate surface area is 120 Å². The lowest BCUT2D eigenvalue weighted by Gasteiger charge is -2.12. The van der Waals surface area contributed by atoms with Crippen LogP contribution in [0.25, 0.3) is 11.3 Å². The number of hydrogen-bond donors (Lipinski definition) is 2. The maximum Gasteiger partial charge on any atom is 0.358 e. The molecule has 3 N–H and O–H groups in total. The summed E-state index contributed by atoms with van der Waals surface area (Å²) in [6, 6.07) is -0.820. The fourth-order valence-corrected chi connectivity index (χ4v) is 2.18. The molecular formula is C12H16N6O3. The molecule has 2 aromatic rings. The molecule has 1 atom stereocenters. The second kappa shape index (κ2) is 5.00. The third-order valence-electron chi connectivity index (χ3n) is 3.42. The van der Waals surface area contributed by atoms with Crippen LogP contribution < -0.4 is 5.73 Å². The van der Waals surface area contributed by atoms with Gasteiger partial charge in [-0.2, -0.15) is 5.10 Å². The molecule has 0 fully saturated rings. The number of aryl methyl sites for hydroxylation is 2. The first-order chi connectivity index (χ1) is 9.75. The quantitative estimate of drug-likeness (QED) is 0.818. The van der Waals surface area contributed by atoms with Crippen LogP contribution in [0.3, 0.4) is 0 Å². The molecule has 0 aromatic carbocycles. The van der Waals surface area contributed by atoms with Crippen molar-refractivity contribution in [3.05, 3.63) is 17.1 Å². The van der Waals surface area contributed by atoms with Crippen LogP contribution in [0.1, 0.15) is 34.8 Å². The zero-order chi connectivity index (χ0) is 15.9. The van der Waals surface area contributed by atoms with Gasteiger partial charge in [0.25, 0.3) is 0 Å². The molecular weight excluding hydrogens is 276 g/mol. The van der Waals surface area contributed by atoms with Crippen molar-refractivity contribution in [2.24, 2.45) is 12.8 Å². The Balaban J connectivity index is 2.79. The summed E-state index contributed by atoms with van der Waals surface area (Å²) in [4.78, 5) is 22.8. The number of aromatic carboxylic acids is 1. The van der Waals surface area contributed by atoms with Gasteiger partial charge in [0.1, 0.15) is 11.7 Å². The molecule has 112 valence electrons. The minimum atomic E-state index is -1.23. The van der Waals surface area contributed by atoms with Crippen LogP contribution in [0.2, 0.25) is 0 Å². The van der Waals surface area contributed by atoms with Gasteiger partial charge in [-0.1, -0.05) is 5.21 Å². The van der Waals surface area contributed by atoms with Crippen molar-refractivity contribution in [1.82, 2.24) is 24.8 Å². The topological polar surface area (TPSA) is 129 Å². The highest BCUT2D eigenvalue weighted by Gasteiger charge is 2.29. The number of hydrogen-bond acceptors (Lipinski definition) is 5. The molecule has 2 aromatic heterocycles. The van der Waals surface area contributed by atoms with Crippen molar-refractivity contribution in [1.29, 1.82) is 0 Å². The van der Waals surface area contributed by atoms with Crippen LogP contribution in [0.4, 0.5) is 0 Å². The first-order valence-electron chi connectivity index (χ1n) is 6.24. The summed E-state index contributed by atoms with van der Waals surface area (Å²) in [5.74, 6) is -1.85. The highest BCUT2D eigenvalue weighted by atomic mass is 16.4. The molecule has 2 rings (SSSR count). The van der Waals surface area contributed by atoms with E-state index in [0.717, 1.165) is 5.69 Å². The number of carbonyl (C=O) groups excluding carboxylic acids is 1. The molecule has 0 spiro atoms. The molecule has 0 saturated heterocycles. The molecule has 9 heteroatoms. The summed E-state index contributed by atoms with van der Waals surface area (Å²) in [7, 11) is 1.75. The Hall–Kier alpha value is -2.71. The van der Waals surface area contributed by atoms with Gasteiger partial charge in [-0.25, -0.2) is 9.48 Å². The van der Waals surface area contributed by atoms with E-state index in [9.17, 15) is 14.7 Å². The Morgan fingerprint density at radius 2 is 1.95 bits per heavy atom. The lowest BCUT2D eigenvalue weighted by atomic mass is 10.1. The SMILES string of the molecule is Cc1nn(C)c(C)c1-c1c(C(=O)O)nnn1C(C)C(N)=O. The van der Waals surface area contributed by atoms with Gasteiger partial charge in [-0.15, -0.1) is 5.10 Å². The lowest BCUT2D eigenvalue weighted by molar-refractivity contribution is -0.120. The second-order valence-electron chi connectivity index (χ2n) is 4.78. The minimum Gasteiger partial charge on any atom is -0.476 e. The number of primary amides is 1. The highest BCUT2D eigenvalue weighted by Crippen LogP contribution is 2.30. The van der Waals surface area contributed by atoms with E-state index in [-0.39, 0.29) is 11.4 Å². The van der Waals surface area contributed by atoms with Crippen molar-refractivity contribution in [3.63, 3.8) is 0 Å². The van der Waals surface area contributed by atoms with Crippen molar-refractivity contribution in [2.75, 3.05) is 0 Å². The van der Waals surface area contributed by atoms with Crippen LogP contribution in [0.5, 0.6) is 0 Å². The fraction of sp³-hybridized carbons (Fsp3) is 0.417. The average molecular weight is 292 g/mol. The Morgan fingerprint density at radius 3 is 2.38 bits per heavy atom. The van der Waals surface area contributed by atoms with Gasteiger partial charge in [-0.05, 0) is 20.8 Å². The van der Waals surface area contributed by atoms with E-state index in [4.69, 9.17) is 5.73 Å². The van der Waals surface area contributed by atoms with E-state index in [2.05, 4.69) is 15.4 Å². The van der Waals surface area contributed by atoms with Gasteiger partial charge < -0.3 is 10.8 Å². The molecule has 21 heavy (non-hydrogen) atoms. The maximum atomic E-state index is 11.4. The third kappa shape index (κ3) is 2.26. The standard InChI is InChI=1S/C12H16N6O3/c1-5-8(6(2)17(4)15-5)10-9(12(20)21)14-16-18(10)7(3)11(13)19/h7H,1-4H3,(H2,13,19)(H,20,21). The number of carboxylic acids is 1. The van der Waals surface area contributed by atoms with Crippen LogP contribution in [-0.4, -0.2) is 41.8 Å². The van der Waals surface area contributed by atoms with Gasteiger partial charge in [-0.3, -0.25) is 9.48 Å². The summed E-state index contributed by atoms with van der Waals surface area (Å²) in [5.41, 5.74) is 7.24. The summed E-state index contributed by atoms with van der Waals surface area (Å²) in [6.45, 7) is 5.08. The van der Waals surface area contributed by atoms with Gasteiger partial charge >= 0.3 is 5.97 Å². The summed E-state index contributed by atoms with van der Waals surface area (Å²) in [5, 5.41) is 21.0. The van der Waals surface area contributed by atoms with Crippen molar-refractivity contribution in [2.45, 2.75) is 26.8 Å². The fourth-order valence-electron chi connectivity index (χ4n) is 2.18. The van der Waals surface area contributed by atoms with Crippen molar-refractivity contribution >= 4 is 11.9 Å². The zero-order valence-electron chi connectivity index (χ0n) is 12.2. The van der Waals surface area contributed by atoms with E-state index in [1.165, 1.54) is 11.6 Å². The number of carboxylic acid groups (broad SMARTS) is 1. The summed E-state index contributed by atoms with van der Waals surface area (Å²) in [6.07, 6.45) is 0. The van der Waals surface area contributed by atoms with E-state index in [1.54, 1.807) is 25.6 Å². The lowest BCUT2D eigenvalue weighted by Crippen LogP contribution is -2.25. The molecule has 0 aliphatic carbocycles. The van der Waals surface area contributed by atoms with Crippen molar-refractivity contribution < 1.29 is 14.7 Å². The highest BCUT2D eigenvalue weighted by molar-refractivity contribution is 5.94. The number of nitrogens with zero attached hydrogens (tertiary/aromatic N) is 5. The van der Waals surface area contributed by atoms with Crippen LogP contribution in [0.15, 0.2) is 0 Å². The smallest absolute Gasteiger partial charge is 0.358 e. The van der Waals surface area contributed by atoms with E-state index in [0.29, 0.717) is 11.3 Å². The first-order valence-corrected chi connectivity index (χ1v) is 6.24. The summed E-state index contributed by atoms with van der Waals surface area (Å²) >= 11 is 0. The van der Waals surface area contributed by atoms with E-state index >= 15 is 0 Å². The van der Waals surface area contributed by atoms with Crippen LogP contribution in [-0.2, 0) is 11.8 Å². The molecule has 0 aliphatic heterocycles. The van der Waals surface area contributed by atoms with Gasteiger partial charge in [0, 0.05) is 18.3 Å². The molecule has 0 bridgehead atoms.